The Morgan fingerprint density at radius 2 is 2.07 bits per heavy atom. The van der Waals surface area contributed by atoms with Crippen molar-refractivity contribution in [2.24, 2.45) is 0 Å². The van der Waals surface area contributed by atoms with Crippen molar-refractivity contribution in [3.05, 3.63) is 76.6 Å². The second-order valence-corrected chi connectivity index (χ2v) is 7.21. The predicted octanol–water partition coefficient (Wildman–Crippen LogP) is 2.62. The van der Waals surface area contributed by atoms with Crippen molar-refractivity contribution in [3.63, 3.8) is 0 Å². The van der Waals surface area contributed by atoms with E-state index in [9.17, 15) is 14.3 Å². The van der Waals surface area contributed by atoms with Crippen molar-refractivity contribution in [1.82, 2.24) is 14.5 Å². The van der Waals surface area contributed by atoms with Gasteiger partial charge in [-0.05, 0) is 42.7 Å². The van der Waals surface area contributed by atoms with Crippen LogP contribution < -0.4 is 10.9 Å². The number of nitrogens with one attached hydrogen (secondary N) is 1. The van der Waals surface area contributed by atoms with Gasteiger partial charge in [0.2, 0.25) is 5.95 Å². The summed E-state index contributed by atoms with van der Waals surface area (Å²) in [5.41, 5.74) is 1.48. The van der Waals surface area contributed by atoms with Gasteiger partial charge in [-0.1, -0.05) is 12.1 Å². The molecule has 1 atom stereocenters. The van der Waals surface area contributed by atoms with E-state index < -0.39 is 11.9 Å². The molecule has 0 bridgehead atoms. The summed E-state index contributed by atoms with van der Waals surface area (Å²) in [6, 6.07) is 10.4. The van der Waals surface area contributed by atoms with Gasteiger partial charge in [0.1, 0.15) is 5.82 Å². The van der Waals surface area contributed by atoms with Gasteiger partial charge in [0.15, 0.2) is 0 Å². The molecule has 156 valence electrons. The third-order valence-corrected chi connectivity index (χ3v) is 5.20. The van der Waals surface area contributed by atoms with Crippen molar-refractivity contribution in [2.45, 2.75) is 24.9 Å². The summed E-state index contributed by atoms with van der Waals surface area (Å²) in [4.78, 5) is 21.6. The molecular weight excluding hydrogens is 387 g/mol. The van der Waals surface area contributed by atoms with Crippen molar-refractivity contribution in [3.8, 4) is 11.3 Å². The lowest BCUT2D eigenvalue weighted by molar-refractivity contribution is 0.0903. The standard InChI is InChI=1S/C22H23FN4O3/c23-17-3-1-2-16(12-17)20(14-28)27-9-5-15(13-21(27)29)19-4-8-24-22(26-19)25-18-6-10-30-11-7-18/h1-5,8-9,12-13,18,20,28H,6-7,10-11,14H2,(H,24,25,26)/t20-/m1/s1. The maximum atomic E-state index is 13.6. The number of nitrogens with zero attached hydrogens (tertiary/aromatic N) is 3. The molecule has 0 radical (unpaired) electrons. The van der Waals surface area contributed by atoms with Crippen molar-refractivity contribution < 1.29 is 14.2 Å². The zero-order chi connectivity index (χ0) is 20.9. The summed E-state index contributed by atoms with van der Waals surface area (Å²) in [6.07, 6.45) is 5.04. The lowest BCUT2D eigenvalue weighted by Crippen LogP contribution is -2.28. The van der Waals surface area contributed by atoms with Crippen LogP contribution in [0, 0.1) is 5.82 Å². The molecule has 3 heterocycles. The Balaban J connectivity index is 1.58. The zero-order valence-corrected chi connectivity index (χ0v) is 16.4. The smallest absolute Gasteiger partial charge is 0.251 e. The first-order valence-corrected chi connectivity index (χ1v) is 9.90. The molecule has 1 aliphatic heterocycles. The molecule has 0 spiro atoms. The van der Waals surface area contributed by atoms with E-state index in [-0.39, 0.29) is 18.2 Å². The summed E-state index contributed by atoms with van der Waals surface area (Å²) in [5, 5.41) is 13.1. The molecule has 0 unspecified atom stereocenters. The predicted molar refractivity (Wildman–Crippen MR) is 111 cm³/mol. The first-order valence-electron chi connectivity index (χ1n) is 9.90. The van der Waals surface area contributed by atoms with Gasteiger partial charge in [-0.15, -0.1) is 0 Å². The van der Waals surface area contributed by atoms with Gasteiger partial charge in [-0.25, -0.2) is 14.4 Å². The molecule has 1 aliphatic rings. The van der Waals surface area contributed by atoms with E-state index in [0.717, 1.165) is 12.8 Å². The van der Waals surface area contributed by atoms with Crippen molar-refractivity contribution in [2.75, 3.05) is 25.1 Å². The highest BCUT2D eigenvalue weighted by Gasteiger charge is 2.17. The van der Waals surface area contributed by atoms with Gasteiger partial charge in [0.25, 0.3) is 5.56 Å². The van der Waals surface area contributed by atoms with E-state index in [0.29, 0.717) is 36.0 Å². The molecule has 7 nitrogen and oxygen atoms in total. The molecule has 8 heteroatoms. The van der Waals surface area contributed by atoms with Gasteiger partial charge in [0.05, 0.1) is 18.3 Å². The lowest BCUT2D eigenvalue weighted by atomic mass is 10.1. The fourth-order valence-electron chi connectivity index (χ4n) is 3.59. The van der Waals surface area contributed by atoms with E-state index in [2.05, 4.69) is 15.3 Å². The average Bonchev–Trinajstić information content (AvgIpc) is 2.76. The molecule has 0 aliphatic carbocycles. The third-order valence-electron chi connectivity index (χ3n) is 5.20. The molecule has 1 aromatic carbocycles. The van der Waals surface area contributed by atoms with Gasteiger partial charge in [-0.3, -0.25) is 4.79 Å². The van der Waals surface area contributed by atoms with Gasteiger partial charge in [-0.2, -0.15) is 0 Å². The fourth-order valence-corrected chi connectivity index (χ4v) is 3.59. The second kappa shape index (κ2) is 9.15. The van der Waals surface area contributed by atoms with Crippen LogP contribution in [0.25, 0.3) is 11.3 Å². The van der Waals surface area contributed by atoms with Gasteiger partial charge < -0.3 is 19.7 Å². The number of ether oxygens (including phenoxy) is 1. The Morgan fingerprint density at radius 1 is 1.23 bits per heavy atom. The maximum absolute atomic E-state index is 13.6. The molecule has 4 rings (SSSR count). The molecule has 0 saturated carbocycles. The third kappa shape index (κ3) is 4.55. The van der Waals surface area contributed by atoms with Crippen LogP contribution in [0.3, 0.4) is 0 Å². The SMILES string of the molecule is O=c1cc(-c2ccnc(NC3CCOCC3)n2)ccn1[C@H](CO)c1cccc(F)c1. The first-order chi connectivity index (χ1) is 14.6. The Bertz CT molecular complexity index is 1070. The van der Waals surface area contributed by atoms with Crippen molar-refractivity contribution >= 4 is 5.95 Å². The summed E-state index contributed by atoms with van der Waals surface area (Å²) >= 11 is 0. The van der Waals surface area contributed by atoms with Crippen LogP contribution in [0.4, 0.5) is 10.3 Å². The maximum Gasteiger partial charge on any atom is 0.251 e. The first kappa shape index (κ1) is 20.2. The van der Waals surface area contributed by atoms with E-state index in [1.807, 2.05) is 0 Å². The van der Waals surface area contributed by atoms with E-state index in [4.69, 9.17) is 4.74 Å². The Kier molecular flexibility index (Phi) is 6.15. The number of anilines is 1. The minimum atomic E-state index is -0.668. The Hall–Kier alpha value is -3.10. The Morgan fingerprint density at radius 3 is 2.80 bits per heavy atom. The molecular formula is C22H23FN4O3. The van der Waals surface area contributed by atoms with Crippen LogP contribution in [-0.2, 0) is 4.74 Å². The number of hydrogen-bond donors (Lipinski definition) is 2. The molecule has 30 heavy (non-hydrogen) atoms. The largest absolute Gasteiger partial charge is 0.394 e. The lowest BCUT2D eigenvalue weighted by Gasteiger charge is -2.23. The second-order valence-electron chi connectivity index (χ2n) is 7.21. The summed E-state index contributed by atoms with van der Waals surface area (Å²) in [7, 11) is 0. The topological polar surface area (TPSA) is 89.3 Å². The zero-order valence-electron chi connectivity index (χ0n) is 16.4. The quantitative estimate of drug-likeness (QED) is 0.649. The number of aromatic nitrogens is 3. The highest BCUT2D eigenvalue weighted by molar-refractivity contribution is 5.59. The van der Waals surface area contributed by atoms with E-state index >= 15 is 0 Å². The summed E-state index contributed by atoms with van der Waals surface area (Å²) in [6.45, 7) is 1.11. The fraction of sp³-hybridized carbons (Fsp3) is 0.318. The number of rotatable bonds is 6. The van der Waals surface area contributed by atoms with Crippen LogP contribution in [0.2, 0.25) is 0 Å². The number of aliphatic hydroxyl groups excluding tert-OH is 1. The molecule has 1 saturated heterocycles. The van der Waals surface area contributed by atoms with Crippen LogP contribution in [-0.4, -0.2) is 45.5 Å². The van der Waals surface area contributed by atoms with E-state index in [1.165, 1.54) is 22.8 Å². The summed E-state index contributed by atoms with van der Waals surface area (Å²) in [5.74, 6) is 0.0951. The monoisotopic (exact) mass is 410 g/mol. The number of pyridine rings is 1. The molecule has 2 N–H and O–H groups in total. The van der Waals surface area contributed by atoms with Crippen LogP contribution >= 0.6 is 0 Å². The van der Waals surface area contributed by atoms with Crippen molar-refractivity contribution in [1.29, 1.82) is 0 Å². The highest BCUT2D eigenvalue weighted by atomic mass is 19.1. The van der Waals surface area contributed by atoms with Crippen LogP contribution in [0.1, 0.15) is 24.4 Å². The number of benzene rings is 1. The average molecular weight is 410 g/mol. The molecule has 3 aromatic rings. The number of aliphatic hydroxyl groups is 1. The van der Waals surface area contributed by atoms with Crippen LogP contribution in [0.15, 0.2) is 59.7 Å². The molecule has 2 aromatic heterocycles. The van der Waals surface area contributed by atoms with Gasteiger partial charge >= 0.3 is 0 Å². The normalized spacial score (nSPS) is 15.7. The minimum Gasteiger partial charge on any atom is -0.394 e. The minimum absolute atomic E-state index is 0.263. The molecule has 1 fully saturated rings. The van der Waals surface area contributed by atoms with Crippen LogP contribution in [0.5, 0.6) is 0 Å². The number of halogens is 1. The number of hydrogen-bond acceptors (Lipinski definition) is 6. The molecule has 0 amide bonds. The highest BCUT2D eigenvalue weighted by Crippen LogP contribution is 2.21. The summed E-state index contributed by atoms with van der Waals surface area (Å²) < 4.78 is 20.3. The Labute approximate surface area is 173 Å². The van der Waals surface area contributed by atoms with E-state index in [1.54, 1.807) is 36.7 Å². The van der Waals surface area contributed by atoms with Gasteiger partial charge in [0, 0.05) is 43.3 Å².